The van der Waals surface area contributed by atoms with Gasteiger partial charge in [0.2, 0.25) is 0 Å². The van der Waals surface area contributed by atoms with Crippen LogP contribution in [0.3, 0.4) is 0 Å². The molecule has 0 amide bonds. The van der Waals surface area contributed by atoms with Gasteiger partial charge in [0, 0.05) is 5.75 Å². The zero-order chi connectivity index (χ0) is 8.10. The van der Waals surface area contributed by atoms with E-state index in [9.17, 15) is 0 Å². The molecule has 0 saturated heterocycles. The van der Waals surface area contributed by atoms with Gasteiger partial charge in [0.05, 0.1) is 6.04 Å². The van der Waals surface area contributed by atoms with Crippen LogP contribution in [0.1, 0.15) is 19.3 Å². The molecule has 0 bridgehead atoms. The zero-order valence-electron chi connectivity index (χ0n) is 6.62. The second-order valence-corrected chi connectivity index (χ2v) is 3.76. The van der Waals surface area contributed by atoms with Crippen LogP contribution in [0.4, 0.5) is 0 Å². The molecule has 0 aromatic carbocycles. The van der Waals surface area contributed by atoms with E-state index in [1.54, 1.807) is 11.8 Å². The van der Waals surface area contributed by atoms with Crippen molar-refractivity contribution in [3.8, 4) is 0 Å². The molecule has 0 unspecified atom stereocenters. The highest BCUT2D eigenvalue weighted by atomic mass is 32.2. The lowest BCUT2D eigenvalue weighted by molar-refractivity contribution is 0.614. The lowest BCUT2D eigenvalue weighted by Gasteiger charge is -2.02. The Morgan fingerprint density at radius 3 is 2.91 bits per heavy atom. The molecule has 11 heavy (non-hydrogen) atoms. The first-order valence-electron chi connectivity index (χ1n) is 3.99. The van der Waals surface area contributed by atoms with E-state index in [2.05, 4.69) is 4.99 Å². The first-order chi connectivity index (χ1) is 5.33. The van der Waals surface area contributed by atoms with Gasteiger partial charge >= 0.3 is 0 Å². The Labute approximate surface area is 71.6 Å². The predicted octanol–water partition coefficient (Wildman–Crippen LogP) is 0.546. The van der Waals surface area contributed by atoms with E-state index in [1.165, 1.54) is 6.42 Å². The number of amidine groups is 1. The molecule has 0 saturated carbocycles. The van der Waals surface area contributed by atoms with Gasteiger partial charge in [-0.3, -0.25) is 4.99 Å². The quantitative estimate of drug-likeness (QED) is 0.610. The number of thioether (sulfide) groups is 1. The maximum absolute atomic E-state index is 5.52. The van der Waals surface area contributed by atoms with Crippen molar-refractivity contribution in [2.24, 2.45) is 16.5 Å². The van der Waals surface area contributed by atoms with E-state index in [0.29, 0.717) is 6.04 Å². The third kappa shape index (κ3) is 3.12. The molecule has 0 fully saturated rings. The standard InChI is InChI=1S/C7H15N3S/c8-4-2-1-3-6-5-11-7(9)10-6/h6H,1-5,8H2,(H2,9,10)/t6-/m0/s1. The Hall–Kier alpha value is -0.220. The fraction of sp³-hybridized carbons (Fsp3) is 0.857. The van der Waals surface area contributed by atoms with Crippen molar-refractivity contribution in [2.45, 2.75) is 25.3 Å². The van der Waals surface area contributed by atoms with Gasteiger partial charge in [-0.05, 0) is 19.4 Å². The van der Waals surface area contributed by atoms with E-state index < -0.39 is 0 Å². The molecule has 4 heteroatoms. The van der Waals surface area contributed by atoms with Gasteiger partial charge in [0.15, 0.2) is 5.17 Å². The van der Waals surface area contributed by atoms with Crippen LogP contribution in [0.25, 0.3) is 0 Å². The number of nitrogens with zero attached hydrogens (tertiary/aromatic N) is 1. The topological polar surface area (TPSA) is 64.4 Å². The first kappa shape index (κ1) is 8.87. The summed E-state index contributed by atoms with van der Waals surface area (Å²) in [5.41, 5.74) is 10.9. The molecule has 0 aromatic heterocycles. The molecular formula is C7H15N3S. The van der Waals surface area contributed by atoms with Gasteiger partial charge in [-0.25, -0.2) is 0 Å². The molecule has 1 aliphatic rings. The van der Waals surface area contributed by atoms with Crippen molar-refractivity contribution in [3.05, 3.63) is 0 Å². The average molecular weight is 173 g/mol. The number of hydrogen-bond acceptors (Lipinski definition) is 4. The number of aliphatic imine (C=N–C) groups is 1. The Kier molecular flexibility index (Phi) is 3.72. The first-order valence-corrected chi connectivity index (χ1v) is 4.97. The van der Waals surface area contributed by atoms with Crippen LogP contribution < -0.4 is 11.5 Å². The molecule has 1 heterocycles. The summed E-state index contributed by atoms with van der Waals surface area (Å²) in [6.07, 6.45) is 3.43. The highest BCUT2D eigenvalue weighted by Gasteiger charge is 2.14. The summed E-state index contributed by atoms with van der Waals surface area (Å²) < 4.78 is 0. The summed E-state index contributed by atoms with van der Waals surface area (Å²) in [6.45, 7) is 0.791. The molecule has 0 aromatic rings. The summed E-state index contributed by atoms with van der Waals surface area (Å²) in [5, 5.41) is 0.753. The van der Waals surface area contributed by atoms with Crippen LogP contribution in [-0.4, -0.2) is 23.5 Å². The van der Waals surface area contributed by atoms with Crippen LogP contribution in [0.15, 0.2) is 4.99 Å². The van der Waals surface area contributed by atoms with Gasteiger partial charge in [0.1, 0.15) is 0 Å². The average Bonchev–Trinajstić information content (AvgIpc) is 2.37. The van der Waals surface area contributed by atoms with E-state index in [0.717, 1.165) is 30.3 Å². The fourth-order valence-corrected chi connectivity index (χ4v) is 1.94. The Morgan fingerprint density at radius 2 is 2.36 bits per heavy atom. The molecular weight excluding hydrogens is 158 g/mol. The van der Waals surface area contributed by atoms with Gasteiger partial charge in [-0.1, -0.05) is 18.2 Å². The SMILES string of the molecule is NCCCC[C@H]1CSC(N)=N1. The monoisotopic (exact) mass is 173 g/mol. The van der Waals surface area contributed by atoms with E-state index >= 15 is 0 Å². The lowest BCUT2D eigenvalue weighted by atomic mass is 10.1. The minimum Gasteiger partial charge on any atom is -0.379 e. The van der Waals surface area contributed by atoms with Crippen molar-refractivity contribution in [3.63, 3.8) is 0 Å². The normalized spacial score (nSPS) is 23.7. The van der Waals surface area contributed by atoms with Crippen molar-refractivity contribution in [2.75, 3.05) is 12.3 Å². The van der Waals surface area contributed by atoms with Crippen LogP contribution >= 0.6 is 11.8 Å². The molecule has 0 spiro atoms. The second kappa shape index (κ2) is 4.62. The van der Waals surface area contributed by atoms with E-state index in [1.807, 2.05) is 0 Å². The largest absolute Gasteiger partial charge is 0.379 e. The maximum atomic E-state index is 5.52. The van der Waals surface area contributed by atoms with Crippen LogP contribution in [0, 0.1) is 0 Å². The van der Waals surface area contributed by atoms with Crippen LogP contribution in [0.5, 0.6) is 0 Å². The number of nitrogens with two attached hydrogens (primary N) is 2. The number of unbranched alkanes of at least 4 members (excludes halogenated alkanes) is 1. The molecule has 3 nitrogen and oxygen atoms in total. The number of rotatable bonds is 4. The minimum atomic E-state index is 0.464. The fourth-order valence-electron chi connectivity index (χ4n) is 1.11. The third-order valence-electron chi connectivity index (χ3n) is 1.72. The van der Waals surface area contributed by atoms with E-state index in [-0.39, 0.29) is 0 Å². The molecule has 1 atom stereocenters. The smallest absolute Gasteiger partial charge is 0.154 e. The lowest BCUT2D eigenvalue weighted by Crippen LogP contribution is -2.06. The Balaban J connectivity index is 2.08. The highest BCUT2D eigenvalue weighted by Crippen LogP contribution is 2.18. The summed E-state index contributed by atoms with van der Waals surface area (Å²) >= 11 is 1.66. The third-order valence-corrected chi connectivity index (χ3v) is 2.68. The summed E-state index contributed by atoms with van der Waals surface area (Å²) in [4.78, 5) is 4.28. The van der Waals surface area contributed by atoms with Crippen molar-refractivity contribution >= 4 is 16.9 Å². The van der Waals surface area contributed by atoms with Gasteiger partial charge in [-0.2, -0.15) is 0 Å². The molecule has 4 N–H and O–H groups in total. The molecule has 0 radical (unpaired) electrons. The van der Waals surface area contributed by atoms with Crippen molar-refractivity contribution < 1.29 is 0 Å². The van der Waals surface area contributed by atoms with E-state index in [4.69, 9.17) is 11.5 Å². The van der Waals surface area contributed by atoms with Crippen molar-refractivity contribution in [1.29, 1.82) is 0 Å². The van der Waals surface area contributed by atoms with Crippen molar-refractivity contribution in [1.82, 2.24) is 0 Å². The predicted molar refractivity (Wildman–Crippen MR) is 50.8 cm³/mol. The second-order valence-electron chi connectivity index (χ2n) is 2.72. The summed E-state index contributed by atoms with van der Waals surface area (Å²) in [5.74, 6) is 1.07. The highest BCUT2D eigenvalue weighted by molar-refractivity contribution is 8.14. The van der Waals surface area contributed by atoms with Gasteiger partial charge < -0.3 is 11.5 Å². The number of hydrogen-bond donors (Lipinski definition) is 2. The molecule has 64 valence electrons. The maximum Gasteiger partial charge on any atom is 0.154 e. The minimum absolute atomic E-state index is 0.464. The van der Waals surface area contributed by atoms with Gasteiger partial charge in [0.25, 0.3) is 0 Å². The molecule has 0 aliphatic carbocycles. The summed E-state index contributed by atoms with van der Waals surface area (Å²) in [6, 6.07) is 0.464. The van der Waals surface area contributed by atoms with Crippen LogP contribution in [0.2, 0.25) is 0 Å². The molecule has 1 rings (SSSR count). The Bertz CT molecular complexity index is 147. The molecule has 1 aliphatic heterocycles. The van der Waals surface area contributed by atoms with Gasteiger partial charge in [-0.15, -0.1) is 0 Å². The summed E-state index contributed by atoms with van der Waals surface area (Å²) in [7, 11) is 0. The van der Waals surface area contributed by atoms with Crippen LogP contribution in [-0.2, 0) is 0 Å². The zero-order valence-corrected chi connectivity index (χ0v) is 7.44. The Morgan fingerprint density at radius 1 is 1.55 bits per heavy atom.